The number of allylic oxidation sites excluding steroid dienone is 2. The van der Waals surface area contributed by atoms with Crippen LogP contribution in [0.3, 0.4) is 0 Å². The lowest BCUT2D eigenvalue weighted by Gasteiger charge is -2.31. The van der Waals surface area contributed by atoms with Crippen molar-refractivity contribution in [2.24, 2.45) is 22.7 Å². The Bertz CT molecular complexity index is 1030. The molecule has 1 aromatic carbocycles. The zero-order chi connectivity index (χ0) is 20.0. The number of methoxy groups -OCH3 is 1. The number of Topliss-reactive ketones (excluding diaryl/α,β-unsaturated/α-hetero) is 1. The van der Waals surface area contributed by atoms with Crippen LogP contribution in [0, 0.1) is 17.8 Å². The van der Waals surface area contributed by atoms with Crippen molar-refractivity contribution >= 4 is 28.2 Å². The summed E-state index contributed by atoms with van der Waals surface area (Å²) in [4.78, 5) is 33.8. The molecule has 1 N–H and O–H groups in total. The normalized spacial score (nSPS) is 22.3. The Kier molecular flexibility index (Phi) is 4.69. The van der Waals surface area contributed by atoms with Crippen molar-refractivity contribution in [1.82, 2.24) is 4.98 Å². The van der Waals surface area contributed by atoms with Crippen molar-refractivity contribution in [3.05, 3.63) is 41.1 Å². The van der Waals surface area contributed by atoms with Crippen LogP contribution in [-0.2, 0) is 16.0 Å². The van der Waals surface area contributed by atoms with Crippen LogP contribution in [0.15, 0.2) is 34.8 Å². The molecule has 1 aliphatic carbocycles. The summed E-state index contributed by atoms with van der Waals surface area (Å²) in [5, 5.41) is 1.17. The lowest BCUT2D eigenvalue weighted by atomic mass is 9.70. The van der Waals surface area contributed by atoms with Gasteiger partial charge in [-0.15, -0.1) is 0 Å². The average Bonchev–Trinajstić information content (AvgIpc) is 3.04. The van der Waals surface area contributed by atoms with E-state index >= 15 is 0 Å². The number of ether oxygens (including phenoxy) is 1. The van der Waals surface area contributed by atoms with E-state index in [9.17, 15) is 9.59 Å². The predicted octanol–water partition coefficient (Wildman–Crippen LogP) is 3.90. The third kappa shape index (κ3) is 2.99. The van der Waals surface area contributed by atoms with Gasteiger partial charge in [-0.05, 0) is 48.6 Å². The molecular weight excluding hydrogens is 352 g/mol. The molecule has 5 nitrogen and oxygen atoms in total. The molecule has 2 heterocycles. The first-order valence-corrected chi connectivity index (χ1v) is 9.89. The van der Waals surface area contributed by atoms with Gasteiger partial charge in [-0.3, -0.25) is 14.6 Å². The number of benzene rings is 1. The number of fused-ring (bicyclic) bond motifs is 3. The molecule has 1 aliphatic heterocycles. The molecule has 0 bridgehead atoms. The number of aromatic nitrogens is 1. The van der Waals surface area contributed by atoms with Crippen LogP contribution in [0.5, 0.6) is 5.75 Å². The number of carbonyl (C=O) groups is 2. The van der Waals surface area contributed by atoms with Crippen molar-refractivity contribution in [3.63, 3.8) is 0 Å². The summed E-state index contributed by atoms with van der Waals surface area (Å²) in [6, 6.07) is 6.03. The summed E-state index contributed by atoms with van der Waals surface area (Å²) in [5.41, 5.74) is 4.73. The average molecular weight is 378 g/mol. The largest absolute Gasteiger partial charge is 0.497 e. The molecule has 2 atom stereocenters. The Balaban J connectivity index is 1.73. The lowest BCUT2D eigenvalue weighted by molar-refractivity contribution is -0.131. The molecule has 2 aromatic rings. The highest BCUT2D eigenvalue weighted by atomic mass is 16.5. The van der Waals surface area contributed by atoms with Crippen molar-refractivity contribution < 1.29 is 14.3 Å². The Hall–Kier alpha value is -2.69. The maximum atomic E-state index is 12.9. The molecular formula is C23H26N2O3. The van der Waals surface area contributed by atoms with Crippen LogP contribution < -0.4 is 4.74 Å². The quantitative estimate of drug-likeness (QED) is 0.877. The van der Waals surface area contributed by atoms with Gasteiger partial charge in [0.05, 0.1) is 18.5 Å². The van der Waals surface area contributed by atoms with E-state index in [2.05, 4.69) is 11.1 Å². The fraction of sp³-hybridized carbons (Fsp3) is 0.435. The van der Waals surface area contributed by atoms with E-state index < -0.39 is 0 Å². The second-order valence-electron chi connectivity index (χ2n) is 8.14. The number of hydrogen-bond donors (Lipinski definition) is 1. The van der Waals surface area contributed by atoms with Gasteiger partial charge in [0.25, 0.3) is 0 Å². The van der Waals surface area contributed by atoms with E-state index in [0.29, 0.717) is 18.5 Å². The lowest BCUT2D eigenvalue weighted by Crippen LogP contribution is -2.39. The summed E-state index contributed by atoms with van der Waals surface area (Å²) < 4.78 is 5.34. The Morgan fingerprint density at radius 2 is 2.07 bits per heavy atom. The van der Waals surface area contributed by atoms with Crippen LogP contribution in [0.4, 0.5) is 0 Å². The predicted molar refractivity (Wildman–Crippen MR) is 110 cm³/mol. The minimum absolute atomic E-state index is 0.0649. The van der Waals surface area contributed by atoms with Crippen molar-refractivity contribution in [1.29, 1.82) is 0 Å². The number of rotatable bonds is 4. The molecule has 0 radical (unpaired) electrons. The SMILES string of the molecule is COc1ccc2c3c([nH]c2c1)C(CC1C(=O)C(C)=CC(=O)C1C(C)C)=NCC3. The second-order valence-corrected chi connectivity index (χ2v) is 8.14. The van der Waals surface area contributed by atoms with E-state index in [4.69, 9.17) is 9.73 Å². The third-order valence-corrected chi connectivity index (χ3v) is 6.04. The molecule has 0 saturated carbocycles. The number of carbonyl (C=O) groups excluding carboxylic acids is 2. The van der Waals surface area contributed by atoms with Gasteiger partial charge in [-0.25, -0.2) is 0 Å². The van der Waals surface area contributed by atoms with Crippen LogP contribution in [-0.4, -0.2) is 35.9 Å². The second kappa shape index (κ2) is 7.04. The minimum atomic E-state index is -0.344. The number of nitrogens with zero attached hydrogens (tertiary/aromatic N) is 1. The highest BCUT2D eigenvalue weighted by molar-refractivity contribution is 6.14. The minimum Gasteiger partial charge on any atom is -0.497 e. The highest BCUT2D eigenvalue weighted by Gasteiger charge is 2.40. The number of aromatic amines is 1. The van der Waals surface area contributed by atoms with Crippen molar-refractivity contribution in [2.75, 3.05) is 13.7 Å². The molecule has 5 heteroatoms. The summed E-state index contributed by atoms with van der Waals surface area (Å²) in [6.07, 6.45) is 2.89. The fourth-order valence-corrected chi connectivity index (χ4v) is 4.67. The number of H-pyrrole nitrogens is 1. The first-order valence-electron chi connectivity index (χ1n) is 9.89. The van der Waals surface area contributed by atoms with E-state index in [1.165, 1.54) is 17.0 Å². The molecule has 1 aromatic heterocycles. The van der Waals surface area contributed by atoms with Gasteiger partial charge in [0, 0.05) is 41.8 Å². The topological polar surface area (TPSA) is 71.5 Å². The number of ketones is 2. The third-order valence-electron chi connectivity index (χ3n) is 6.04. The Morgan fingerprint density at radius 3 is 2.79 bits per heavy atom. The molecule has 4 rings (SSSR count). The standard InChI is InChI=1S/C23H26N2O3/c1-12(2)21-17(23(27)13(3)9-20(21)26)11-19-22-16(7-8-24-19)15-6-5-14(28-4)10-18(15)25-22/h5-6,9-10,12,17,21,25H,7-8,11H2,1-4H3. The molecule has 28 heavy (non-hydrogen) atoms. The first kappa shape index (κ1) is 18.7. The highest BCUT2D eigenvalue weighted by Crippen LogP contribution is 2.36. The molecule has 0 saturated heterocycles. The summed E-state index contributed by atoms with van der Waals surface area (Å²) in [6.45, 7) is 6.48. The maximum Gasteiger partial charge on any atom is 0.162 e. The monoisotopic (exact) mass is 378 g/mol. The van der Waals surface area contributed by atoms with Crippen LogP contribution >= 0.6 is 0 Å². The summed E-state index contributed by atoms with van der Waals surface area (Å²) >= 11 is 0. The Morgan fingerprint density at radius 1 is 1.29 bits per heavy atom. The zero-order valence-corrected chi connectivity index (χ0v) is 16.8. The summed E-state index contributed by atoms with van der Waals surface area (Å²) in [7, 11) is 1.66. The van der Waals surface area contributed by atoms with E-state index in [0.717, 1.165) is 29.1 Å². The van der Waals surface area contributed by atoms with Gasteiger partial charge in [-0.2, -0.15) is 0 Å². The van der Waals surface area contributed by atoms with Gasteiger partial charge in [0.1, 0.15) is 5.75 Å². The zero-order valence-electron chi connectivity index (χ0n) is 16.8. The van der Waals surface area contributed by atoms with E-state index in [1.807, 2.05) is 26.0 Å². The van der Waals surface area contributed by atoms with E-state index in [-0.39, 0.29) is 29.3 Å². The van der Waals surface area contributed by atoms with Crippen LogP contribution in [0.25, 0.3) is 10.9 Å². The van der Waals surface area contributed by atoms with E-state index in [1.54, 1.807) is 14.0 Å². The van der Waals surface area contributed by atoms with Crippen LogP contribution in [0.2, 0.25) is 0 Å². The number of aliphatic imine (C=N–C) groups is 1. The maximum absolute atomic E-state index is 12.9. The molecule has 0 amide bonds. The molecule has 0 fully saturated rings. The molecule has 146 valence electrons. The van der Waals surface area contributed by atoms with Crippen LogP contribution in [0.1, 0.15) is 38.4 Å². The van der Waals surface area contributed by atoms with Crippen molar-refractivity contribution in [3.8, 4) is 5.75 Å². The molecule has 0 spiro atoms. The van der Waals surface area contributed by atoms with Gasteiger partial charge in [0.15, 0.2) is 11.6 Å². The number of nitrogens with one attached hydrogen (secondary N) is 1. The van der Waals surface area contributed by atoms with Gasteiger partial charge < -0.3 is 9.72 Å². The summed E-state index contributed by atoms with van der Waals surface area (Å²) in [5.74, 6) is 0.428. The van der Waals surface area contributed by atoms with Gasteiger partial charge in [-0.1, -0.05) is 13.8 Å². The van der Waals surface area contributed by atoms with Gasteiger partial charge >= 0.3 is 0 Å². The first-order chi connectivity index (χ1) is 13.4. The molecule has 2 unspecified atom stereocenters. The smallest absolute Gasteiger partial charge is 0.162 e. The van der Waals surface area contributed by atoms with Gasteiger partial charge in [0.2, 0.25) is 0 Å². The Labute approximate surface area is 164 Å². The fourth-order valence-electron chi connectivity index (χ4n) is 4.67. The number of hydrogen-bond acceptors (Lipinski definition) is 4. The van der Waals surface area contributed by atoms with Crippen molar-refractivity contribution in [2.45, 2.75) is 33.6 Å². The molecule has 2 aliphatic rings.